The molecule has 1 fully saturated rings. The van der Waals surface area contributed by atoms with Crippen molar-refractivity contribution in [2.75, 3.05) is 20.3 Å². The minimum atomic E-state index is -0.379. The first kappa shape index (κ1) is 13.6. The van der Waals surface area contributed by atoms with Gasteiger partial charge >= 0.3 is 0 Å². The maximum atomic E-state index is 9.66. The van der Waals surface area contributed by atoms with Crippen LogP contribution in [0, 0.1) is 0 Å². The monoisotopic (exact) mass is 271 g/mol. The number of ether oxygens (including phenoxy) is 1. The van der Waals surface area contributed by atoms with E-state index >= 15 is 0 Å². The Labute approximate surface area is 112 Å². The summed E-state index contributed by atoms with van der Waals surface area (Å²) in [6.07, 6.45) is 0.221. The number of rotatable bonds is 4. The Kier molecular flexibility index (Phi) is 4.45. The molecule has 1 aromatic rings. The summed E-state index contributed by atoms with van der Waals surface area (Å²) < 4.78 is 5.30. The summed E-state index contributed by atoms with van der Waals surface area (Å²) in [4.78, 5) is 2.04. The van der Waals surface area contributed by atoms with Gasteiger partial charge in [0.1, 0.15) is 5.75 Å². The van der Waals surface area contributed by atoms with E-state index in [2.05, 4.69) is 0 Å². The number of halogens is 1. The van der Waals surface area contributed by atoms with Crippen LogP contribution >= 0.6 is 11.6 Å². The number of β-amino-alcohol motifs (C(OH)–C–C–N with tert-alkyl or cyclic N) is 1. The van der Waals surface area contributed by atoms with Gasteiger partial charge in [0.25, 0.3) is 0 Å². The molecular formula is C13H18ClNO3. The highest BCUT2D eigenvalue weighted by molar-refractivity contribution is 6.31. The highest BCUT2D eigenvalue weighted by Crippen LogP contribution is 2.30. The van der Waals surface area contributed by atoms with Crippen LogP contribution in [0.25, 0.3) is 0 Å². The van der Waals surface area contributed by atoms with E-state index in [1.54, 1.807) is 7.11 Å². The minimum Gasteiger partial charge on any atom is -0.496 e. The Bertz CT molecular complexity index is 413. The van der Waals surface area contributed by atoms with Gasteiger partial charge in [-0.15, -0.1) is 0 Å². The standard InChI is InChI=1S/C13H18ClNO3/c1-18-13-4-2-3-12(14)11(13)7-15-6-10(17)5-9(15)8-16/h2-4,9-10,16-17H,5-8H2,1H3/t9-,10-/m0/s1. The highest BCUT2D eigenvalue weighted by Gasteiger charge is 2.31. The molecule has 1 aliphatic heterocycles. The molecule has 0 amide bonds. The van der Waals surface area contributed by atoms with Gasteiger partial charge in [-0.3, -0.25) is 4.90 Å². The van der Waals surface area contributed by atoms with Gasteiger partial charge in [0.05, 0.1) is 19.8 Å². The predicted molar refractivity (Wildman–Crippen MR) is 69.9 cm³/mol. The van der Waals surface area contributed by atoms with Crippen LogP contribution < -0.4 is 4.74 Å². The molecule has 2 N–H and O–H groups in total. The van der Waals surface area contributed by atoms with Crippen molar-refractivity contribution in [2.45, 2.75) is 25.1 Å². The third-order valence-electron chi connectivity index (χ3n) is 3.37. The third-order valence-corrected chi connectivity index (χ3v) is 3.73. The van der Waals surface area contributed by atoms with Gasteiger partial charge < -0.3 is 14.9 Å². The van der Waals surface area contributed by atoms with E-state index in [1.807, 2.05) is 23.1 Å². The maximum Gasteiger partial charge on any atom is 0.124 e. The molecule has 1 aromatic carbocycles. The number of benzene rings is 1. The molecule has 0 saturated carbocycles. The van der Waals surface area contributed by atoms with Gasteiger partial charge in [-0.2, -0.15) is 0 Å². The summed E-state index contributed by atoms with van der Waals surface area (Å²) in [7, 11) is 1.61. The Morgan fingerprint density at radius 3 is 2.94 bits per heavy atom. The van der Waals surface area contributed by atoms with Crippen molar-refractivity contribution in [2.24, 2.45) is 0 Å². The van der Waals surface area contributed by atoms with E-state index in [1.165, 1.54) is 0 Å². The zero-order valence-corrected chi connectivity index (χ0v) is 11.1. The lowest BCUT2D eigenvalue weighted by Crippen LogP contribution is -2.32. The molecule has 2 rings (SSSR count). The van der Waals surface area contributed by atoms with Crippen molar-refractivity contribution in [1.29, 1.82) is 0 Å². The van der Waals surface area contributed by atoms with Crippen molar-refractivity contribution in [1.82, 2.24) is 4.90 Å². The fourth-order valence-electron chi connectivity index (χ4n) is 2.43. The topological polar surface area (TPSA) is 52.9 Å². The average molecular weight is 272 g/mol. The molecule has 1 saturated heterocycles. The van der Waals surface area contributed by atoms with E-state index in [0.29, 0.717) is 24.5 Å². The zero-order valence-electron chi connectivity index (χ0n) is 10.3. The molecule has 18 heavy (non-hydrogen) atoms. The maximum absolute atomic E-state index is 9.66. The molecule has 1 aliphatic rings. The van der Waals surface area contributed by atoms with Gasteiger partial charge in [-0.05, 0) is 18.6 Å². The Balaban J connectivity index is 2.18. The van der Waals surface area contributed by atoms with Crippen LogP contribution in [-0.2, 0) is 6.54 Å². The lowest BCUT2D eigenvalue weighted by atomic mass is 10.1. The summed E-state index contributed by atoms with van der Waals surface area (Å²) in [6.45, 7) is 1.18. The number of nitrogens with zero attached hydrogens (tertiary/aromatic N) is 1. The number of likely N-dealkylation sites (tertiary alicyclic amines) is 1. The fourth-order valence-corrected chi connectivity index (χ4v) is 2.65. The second kappa shape index (κ2) is 5.89. The summed E-state index contributed by atoms with van der Waals surface area (Å²) in [5.74, 6) is 0.737. The molecule has 0 radical (unpaired) electrons. The largest absolute Gasteiger partial charge is 0.496 e. The van der Waals surface area contributed by atoms with Crippen molar-refractivity contribution < 1.29 is 14.9 Å². The molecule has 4 nitrogen and oxygen atoms in total. The summed E-state index contributed by atoms with van der Waals surface area (Å²) >= 11 is 6.18. The smallest absolute Gasteiger partial charge is 0.124 e. The van der Waals surface area contributed by atoms with Crippen molar-refractivity contribution in [3.05, 3.63) is 28.8 Å². The first-order chi connectivity index (χ1) is 8.65. The molecule has 1 heterocycles. The summed E-state index contributed by atoms with van der Waals surface area (Å²) in [5.41, 5.74) is 0.897. The second-order valence-corrected chi connectivity index (χ2v) is 4.98. The summed E-state index contributed by atoms with van der Waals surface area (Å²) in [6, 6.07) is 5.51. The van der Waals surface area contributed by atoms with Crippen LogP contribution in [0.4, 0.5) is 0 Å². The van der Waals surface area contributed by atoms with Gasteiger partial charge in [0.15, 0.2) is 0 Å². The van der Waals surface area contributed by atoms with E-state index in [0.717, 1.165) is 11.3 Å². The molecule has 0 spiro atoms. The number of aliphatic hydroxyl groups excluding tert-OH is 2. The second-order valence-electron chi connectivity index (χ2n) is 4.58. The van der Waals surface area contributed by atoms with Crippen molar-refractivity contribution in [3.63, 3.8) is 0 Å². The number of aliphatic hydroxyl groups is 2. The van der Waals surface area contributed by atoms with E-state index in [-0.39, 0.29) is 18.8 Å². The van der Waals surface area contributed by atoms with E-state index < -0.39 is 0 Å². The Hall–Kier alpha value is -0.810. The Morgan fingerprint density at radius 2 is 2.28 bits per heavy atom. The van der Waals surface area contributed by atoms with Gasteiger partial charge in [0.2, 0.25) is 0 Å². The molecule has 2 atom stereocenters. The van der Waals surface area contributed by atoms with Gasteiger partial charge in [-0.1, -0.05) is 17.7 Å². The molecule has 0 bridgehead atoms. The van der Waals surface area contributed by atoms with E-state index in [4.69, 9.17) is 16.3 Å². The number of methoxy groups -OCH3 is 1. The first-order valence-electron chi connectivity index (χ1n) is 6.00. The minimum absolute atomic E-state index is 0.0130. The average Bonchev–Trinajstić information content (AvgIpc) is 2.72. The molecule has 100 valence electrons. The summed E-state index contributed by atoms with van der Waals surface area (Å²) in [5, 5.41) is 19.6. The Morgan fingerprint density at radius 1 is 1.50 bits per heavy atom. The van der Waals surface area contributed by atoms with Crippen LogP contribution in [0.1, 0.15) is 12.0 Å². The van der Waals surface area contributed by atoms with Gasteiger partial charge in [-0.25, -0.2) is 0 Å². The third kappa shape index (κ3) is 2.78. The highest BCUT2D eigenvalue weighted by atomic mass is 35.5. The number of hydrogen-bond donors (Lipinski definition) is 2. The lowest BCUT2D eigenvalue weighted by molar-refractivity contribution is 0.149. The molecule has 0 unspecified atom stereocenters. The quantitative estimate of drug-likeness (QED) is 0.866. The first-order valence-corrected chi connectivity index (χ1v) is 6.37. The van der Waals surface area contributed by atoms with E-state index in [9.17, 15) is 10.2 Å². The van der Waals surface area contributed by atoms with Crippen molar-refractivity contribution in [3.8, 4) is 5.75 Å². The lowest BCUT2D eigenvalue weighted by Gasteiger charge is -2.23. The van der Waals surface area contributed by atoms with Crippen LogP contribution in [-0.4, -0.2) is 47.5 Å². The number of hydrogen-bond acceptors (Lipinski definition) is 4. The molecule has 0 aliphatic carbocycles. The van der Waals surface area contributed by atoms with Crippen LogP contribution in [0.5, 0.6) is 5.75 Å². The normalized spacial score (nSPS) is 24.4. The van der Waals surface area contributed by atoms with Gasteiger partial charge in [0, 0.05) is 29.7 Å². The zero-order chi connectivity index (χ0) is 13.1. The molecule has 5 heteroatoms. The fraction of sp³-hybridized carbons (Fsp3) is 0.538. The SMILES string of the molecule is COc1cccc(Cl)c1CN1C[C@@H](O)C[C@H]1CO. The van der Waals surface area contributed by atoms with Crippen LogP contribution in [0.3, 0.4) is 0 Å². The predicted octanol–water partition coefficient (Wildman–Crippen LogP) is 1.28. The molecule has 0 aromatic heterocycles. The molecular weight excluding hydrogens is 254 g/mol. The van der Waals surface area contributed by atoms with Crippen LogP contribution in [0.2, 0.25) is 5.02 Å². The van der Waals surface area contributed by atoms with Crippen molar-refractivity contribution >= 4 is 11.6 Å². The van der Waals surface area contributed by atoms with Crippen LogP contribution in [0.15, 0.2) is 18.2 Å².